The van der Waals surface area contributed by atoms with Crippen LogP contribution in [0.15, 0.2) is 0 Å². The number of halogens is 1. The average molecular weight is 303 g/mol. The highest BCUT2D eigenvalue weighted by Crippen LogP contribution is 2.27. The van der Waals surface area contributed by atoms with Gasteiger partial charge in [0.05, 0.1) is 0 Å². The minimum atomic E-state index is 0. The summed E-state index contributed by atoms with van der Waals surface area (Å²) < 4.78 is 0. The van der Waals surface area contributed by atoms with Crippen LogP contribution in [-0.4, -0.2) is 30.6 Å². The van der Waals surface area contributed by atoms with Gasteiger partial charge in [0.1, 0.15) is 0 Å². The monoisotopic (exact) mass is 302 g/mol. The van der Waals surface area contributed by atoms with Crippen molar-refractivity contribution in [2.24, 2.45) is 17.6 Å². The first-order chi connectivity index (χ1) is 9.29. The van der Waals surface area contributed by atoms with E-state index >= 15 is 0 Å². The molecule has 1 aliphatic carbocycles. The lowest BCUT2D eigenvalue weighted by Crippen LogP contribution is -2.44. The highest BCUT2D eigenvalue weighted by Gasteiger charge is 2.26. The fourth-order valence-corrected chi connectivity index (χ4v) is 4.03. The summed E-state index contributed by atoms with van der Waals surface area (Å²) in [6.07, 6.45) is 14.0. The van der Waals surface area contributed by atoms with Gasteiger partial charge >= 0.3 is 0 Å². The molecule has 3 heteroatoms. The fraction of sp³-hybridized carbons (Fsp3) is 1.00. The van der Waals surface area contributed by atoms with Gasteiger partial charge in [-0.2, -0.15) is 0 Å². The third kappa shape index (κ3) is 5.91. The summed E-state index contributed by atoms with van der Waals surface area (Å²) in [5, 5.41) is 0. The molecule has 0 bridgehead atoms. The van der Waals surface area contributed by atoms with E-state index in [1.807, 2.05) is 0 Å². The van der Waals surface area contributed by atoms with Crippen molar-refractivity contribution in [2.75, 3.05) is 19.6 Å². The Hall–Kier alpha value is 0.210. The van der Waals surface area contributed by atoms with Gasteiger partial charge in [0.25, 0.3) is 0 Å². The Morgan fingerprint density at radius 2 is 1.85 bits per heavy atom. The van der Waals surface area contributed by atoms with Crippen LogP contribution < -0.4 is 5.73 Å². The molecule has 0 aromatic rings. The second kappa shape index (κ2) is 10.0. The molecule has 1 saturated heterocycles. The van der Waals surface area contributed by atoms with Crippen LogP contribution in [0.3, 0.4) is 0 Å². The predicted octanol–water partition coefficient (Wildman–Crippen LogP) is 4.22. The van der Waals surface area contributed by atoms with Gasteiger partial charge in [-0.15, -0.1) is 12.4 Å². The molecule has 0 aromatic carbocycles. The number of hydrogen-bond donors (Lipinski definition) is 1. The summed E-state index contributed by atoms with van der Waals surface area (Å²) in [5.74, 6) is 1.75. The predicted molar refractivity (Wildman–Crippen MR) is 90.5 cm³/mol. The topological polar surface area (TPSA) is 29.3 Å². The van der Waals surface area contributed by atoms with Gasteiger partial charge in [-0.05, 0) is 50.5 Å². The number of hydrogen-bond acceptors (Lipinski definition) is 2. The zero-order valence-electron chi connectivity index (χ0n) is 13.4. The van der Waals surface area contributed by atoms with E-state index in [9.17, 15) is 0 Å². The Bertz CT molecular complexity index is 247. The summed E-state index contributed by atoms with van der Waals surface area (Å²) in [6, 6.07) is 0.481. The first-order valence-corrected chi connectivity index (χ1v) is 8.77. The third-order valence-electron chi connectivity index (χ3n) is 5.28. The van der Waals surface area contributed by atoms with Gasteiger partial charge in [0.15, 0.2) is 0 Å². The quantitative estimate of drug-likeness (QED) is 0.744. The minimum Gasteiger partial charge on any atom is -0.327 e. The van der Waals surface area contributed by atoms with Crippen LogP contribution in [0.5, 0.6) is 0 Å². The van der Waals surface area contributed by atoms with E-state index in [1.165, 1.54) is 83.8 Å². The molecule has 2 nitrogen and oxygen atoms in total. The maximum absolute atomic E-state index is 6.30. The zero-order valence-corrected chi connectivity index (χ0v) is 14.2. The van der Waals surface area contributed by atoms with Crippen LogP contribution in [0.2, 0.25) is 0 Å². The summed E-state index contributed by atoms with van der Waals surface area (Å²) in [4.78, 5) is 2.73. The molecule has 0 radical (unpaired) electrons. The lowest BCUT2D eigenvalue weighted by atomic mass is 9.84. The number of piperidine rings is 1. The summed E-state index contributed by atoms with van der Waals surface area (Å²) in [5.41, 5.74) is 6.30. The van der Waals surface area contributed by atoms with E-state index in [4.69, 9.17) is 5.73 Å². The van der Waals surface area contributed by atoms with Crippen molar-refractivity contribution in [2.45, 2.75) is 77.2 Å². The van der Waals surface area contributed by atoms with Crippen molar-refractivity contribution in [1.82, 2.24) is 4.90 Å². The summed E-state index contributed by atoms with van der Waals surface area (Å²) in [7, 11) is 0. The molecule has 0 aromatic heterocycles. The molecular formula is C17H35ClN2. The van der Waals surface area contributed by atoms with Crippen molar-refractivity contribution in [1.29, 1.82) is 0 Å². The van der Waals surface area contributed by atoms with Crippen LogP contribution in [0, 0.1) is 11.8 Å². The molecule has 2 N–H and O–H groups in total. The highest BCUT2D eigenvalue weighted by atomic mass is 35.5. The maximum Gasteiger partial charge on any atom is 0.00793 e. The first kappa shape index (κ1) is 18.3. The van der Waals surface area contributed by atoms with Crippen molar-refractivity contribution in [3.8, 4) is 0 Å². The van der Waals surface area contributed by atoms with Gasteiger partial charge in [-0.25, -0.2) is 0 Å². The molecule has 0 spiro atoms. The molecule has 2 fully saturated rings. The van der Waals surface area contributed by atoms with E-state index in [1.54, 1.807) is 0 Å². The van der Waals surface area contributed by atoms with Gasteiger partial charge in [0.2, 0.25) is 0 Å². The third-order valence-corrected chi connectivity index (χ3v) is 5.28. The van der Waals surface area contributed by atoms with Crippen LogP contribution in [0.1, 0.15) is 71.1 Å². The normalized spacial score (nSPS) is 31.8. The van der Waals surface area contributed by atoms with E-state index in [2.05, 4.69) is 11.8 Å². The molecule has 3 atom stereocenters. The van der Waals surface area contributed by atoms with Gasteiger partial charge < -0.3 is 10.6 Å². The second-order valence-electron chi connectivity index (χ2n) is 6.97. The van der Waals surface area contributed by atoms with Crippen molar-refractivity contribution in [3.63, 3.8) is 0 Å². The van der Waals surface area contributed by atoms with Crippen LogP contribution in [0.25, 0.3) is 0 Å². The molecule has 1 saturated carbocycles. The fourth-order valence-electron chi connectivity index (χ4n) is 4.03. The SMILES string of the molecule is CCCCCC1CCCN(C[C@@H]2CCCC[C@H]2N)C1.Cl. The number of nitrogens with two attached hydrogens (primary N) is 1. The Morgan fingerprint density at radius 3 is 2.60 bits per heavy atom. The van der Waals surface area contributed by atoms with E-state index < -0.39 is 0 Å². The number of nitrogens with zero attached hydrogens (tertiary/aromatic N) is 1. The first-order valence-electron chi connectivity index (χ1n) is 8.77. The largest absolute Gasteiger partial charge is 0.327 e. The zero-order chi connectivity index (χ0) is 13.5. The Balaban J connectivity index is 0.00000200. The van der Waals surface area contributed by atoms with E-state index in [0.29, 0.717) is 6.04 Å². The van der Waals surface area contributed by atoms with Crippen molar-refractivity contribution in [3.05, 3.63) is 0 Å². The van der Waals surface area contributed by atoms with Crippen molar-refractivity contribution >= 4 is 12.4 Å². The molecule has 120 valence electrons. The summed E-state index contributed by atoms with van der Waals surface area (Å²) in [6.45, 7) is 6.27. The van der Waals surface area contributed by atoms with E-state index in [-0.39, 0.29) is 12.4 Å². The van der Waals surface area contributed by atoms with Gasteiger partial charge in [-0.3, -0.25) is 0 Å². The Morgan fingerprint density at radius 1 is 1.05 bits per heavy atom. The maximum atomic E-state index is 6.30. The molecular weight excluding hydrogens is 268 g/mol. The van der Waals surface area contributed by atoms with Gasteiger partial charge in [0, 0.05) is 19.1 Å². The number of unbranched alkanes of at least 4 members (excludes halogenated alkanes) is 2. The summed E-state index contributed by atoms with van der Waals surface area (Å²) >= 11 is 0. The standard InChI is InChI=1S/C17H34N2.ClH/c1-2-3-4-8-15-9-7-12-19(13-15)14-16-10-5-6-11-17(16)18;/h15-17H,2-14,18H2,1H3;1H/t15?,16-,17+;/m0./s1. The highest BCUT2D eigenvalue weighted by molar-refractivity contribution is 5.85. The minimum absolute atomic E-state index is 0. The van der Waals surface area contributed by atoms with Gasteiger partial charge in [-0.1, -0.05) is 39.0 Å². The number of likely N-dealkylation sites (tertiary alicyclic amines) is 1. The van der Waals surface area contributed by atoms with Crippen molar-refractivity contribution < 1.29 is 0 Å². The van der Waals surface area contributed by atoms with E-state index in [0.717, 1.165) is 11.8 Å². The molecule has 0 amide bonds. The molecule has 1 heterocycles. The van der Waals surface area contributed by atoms with Crippen LogP contribution >= 0.6 is 12.4 Å². The lowest BCUT2D eigenvalue weighted by Gasteiger charge is -2.38. The Kier molecular flexibility index (Phi) is 9.15. The van der Waals surface area contributed by atoms with Crippen LogP contribution in [-0.2, 0) is 0 Å². The molecule has 2 aliphatic rings. The number of rotatable bonds is 6. The lowest BCUT2D eigenvalue weighted by molar-refractivity contribution is 0.124. The molecule has 1 unspecified atom stereocenters. The average Bonchev–Trinajstić information content (AvgIpc) is 2.42. The smallest absolute Gasteiger partial charge is 0.00793 e. The molecule has 2 rings (SSSR count). The Labute approximate surface area is 132 Å². The molecule has 1 aliphatic heterocycles. The second-order valence-corrected chi connectivity index (χ2v) is 6.97. The molecule has 20 heavy (non-hydrogen) atoms. The van der Waals surface area contributed by atoms with Crippen LogP contribution in [0.4, 0.5) is 0 Å².